The van der Waals surface area contributed by atoms with Gasteiger partial charge in [-0.15, -0.1) is 0 Å². The minimum absolute atomic E-state index is 0.0687. The van der Waals surface area contributed by atoms with Gasteiger partial charge in [0.1, 0.15) is 0 Å². The quantitative estimate of drug-likeness (QED) is 0.595. The Morgan fingerprint density at radius 1 is 1.53 bits per heavy atom. The molecule has 1 saturated carbocycles. The van der Waals surface area contributed by atoms with Crippen molar-refractivity contribution in [3.63, 3.8) is 0 Å². The van der Waals surface area contributed by atoms with E-state index in [1.54, 1.807) is 18.0 Å². The maximum atomic E-state index is 11.2. The summed E-state index contributed by atoms with van der Waals surface area (Å²) in [5.41, 5.74) is -0.0687. The Kier molecular flexibility index (Phi) is 5.92. The van der Waals surface area contributed by atoms with Crippen LogP contribution in [-0.4, -0.2) is 28.3 Å². The number of thioether (sulfide) groups is 1. The molecule has 2 atom stereocenters. The first-order valence-corrected chi connectivity index (χ1v) is 8.19. The van der Waals surface area contributed by atoms with E-state index in [0.717, 1.165) is 23.4 Å². The standard InChI is InChI=1S/C14H23N3OS/c1-2-8-15-12-5-3-4-11(12)7-10-19-14-16-9-6-13(18)17-14/h6,9,11-12,15H,2-5,7-8,10H2,1H3,(H,16,17,18). The van der Waals surface area contributed by atoms with Crippen LogP contribution in [0.15, 0.2) is 22.2 Å². The Balaban J connectivity index is 1.74. The van der Waals surface area contributed by atoms with Gasteiger partial charge in [-0.2, -0.15) is 0 Å². The molecule has 5 heteroatoms. The molecular weight excluding hydrogens is 258 g/mol. The summed E-state index contributed by atoms with van der Waals surface area (Å²) in [6.45, 7) is 3.34. The number of rotatable bonds is 7. The third kappa shape index (κ3) is 4.66. The normalized spacial score (nSPS) is 22.8. The Bertz CT molecular complexity index is 435. The van der Waals surface area contributed by atoms with Gasteiger partial charge in [0.2, 0.25) is 0 Å². The van der Waals surface area contributed by atoms with Gasteiger partial charge < -0.3 is 10.3 Å². The number of aromatic nitrogens is 2. The van der Waals surface area contributed by atoms with Crippen molar-refractivity contribution in [3.8, 4) is 0 Å². The van der Waals surface area contributed by atoms with Gasteiger partial charge in [0, 0.05) is 24.1 Å². The van der Waals surface area contributed by atoms with Gasteiger partial charge in [-0.05, 0) is 38.1 Å². The highest BCUT2D eigenvalue weighted by Gasteiger charge is 2.25. The first kappa shape index (κ1) is 14.6. The molecule has 4 nitrogen and oxygen atoms in total. The maximum absolute atomic E-state index is 11.2. The maximum Gasteiger partial charge on any atom is 0.251 e. The molecule has 0 amide bonds. The third-order valence-electron chi connectivity index (χ3n) is 3.69. The molecule has 2 N–H and O–H groups in total. The van der Waals surface area contributed by atoms with Crippen LogP contribution in [0.4, 0.5) is 0 Å². The van der Waals surface area contributed by atoms with E-state index < -0.39 is 0 Å². The molecule has 0 saturated heterocycles. The molecule has 0 bridgehead atoms. The van der Waals surface area contributed by atoms with Crippen molar-refractivity contribution in [2.75, 3.05) is 12.3 Å². The fourth-order valence-corrected chi connectivity index (χ4v) is 3.64. The summed E-state index contributed by atoms with van der Waals surface area (Å²) < 4.78 is 0. The highest BCUT2D eigenvalue weighted by molar-refractivity contribution is 7.99. The van der Waals surface area contributed by atoms with Crippen LogP contribution in [0.1, 0.15) is 39.0 Å². The molecule has 0 spiro atoms. The summed E-state index contributed by atoms with van der Waals surface area (Å²) in [6.07, 6.45) is 7.97. The van der Waals surface area contributed by atoms with Crippen molar-refractivity contribution < 1.29 is 0 Å². The fraction of sp³-hybridized carbons (Fsp3) is 0.714. The van der Waals surface area contributed by atoms with Crippen molar-refractivity contribution in [2.24, 2.45) is 5.92 Å². The topological polar surface area (TPSA) is 57.8 Å². The summed E-state index contributed by atoms with van der Waals surface area (Å²) in [6, 6.07) is 2.15. The van der Waals surface area contributed by atoms with Crippen LogP contribution >= 0.6 is 11.8 Å². The highest BCUT2D eigenvalue weighted by Crippen LogP contribution is 2.30. The molecule has 2 rings (SSSR count). The minimum atomic E-state index is -0.0687. The lowest BCUT2D eigenvalue weighted by Crippen LogP contribution is -2.33. The Hall–Kier alpha value is -0.810. The summed E-state index contributed by atoms with van der Waals surface area (Å²) in [5, 5.41) is 4.40. The lowest BCUT2D eigenvalue weighted by molar-refractivity contribution is 0.393. The fourth-order valence-electron chi connectivity index (χ4n) is 2.71. The highest BCUT2D eigenvalue weighted by atomic mass is 32.2. The van der Waals surface area contributed by atoms with E-state index in [1.807, 2.05) is 0 Å². The van der Waals surface area contributed by atoms with E-state index in [9.17, 15) is 4.79 Å². The summed E-state index contributed by atoms with van der Waals surface area (Å²) in [7, 11) is 0. The van der Waals surface area contributed by atoms with E-state index in [1.165, 1.54) is 38.2 Å². The molecule has 1 aliphatic carbocycles. The number of nitrogens with one attached hydrogen (secondary N) is 2. The molecule has 1 aromatic heterocycles. The molecule has 0 radical (unpaired) electrons. The van der Waals surface area contributed by atoms with Crippen molar-refractivity contribution >= 4 is 11.8 Å². The van der Waals surface area contributed by atoms with Crippen molar-refractivity contribution in [3.05, 3.63) is 22.6 Å². The zero-order chi connectivity index (χ0) is 13.5. The van der Waals surface area contributed by atoms with Crippen LogP contribution in [0.25, 0.3) is 0 Å². The SMILES string of the molecule is CCCNC1CCCC1CCSc1nccc(=O)[nH]1. The van der Waals surface area contributed by atoms with Crippen LogP contribution in [0.3, 0.4) is 0 Å². The molecule has 1 aliphatic rings. The van der Waals surface area contributed by atoms with E-state index in [-0.39, 0.29) is 5.56 Å². The molecule has 1 aromatic rings. The molecule has 106 valence electrons. The zero-order valence-corrected chi connectivity index (χ0v) is 12.3. The molecule has 1 fully saturated rings. The van der Waals surface area contributed by atoms with Crippen LogP contribution in [0.5, 0.6) is 0 Å². The lowest BCUT2D eigenvalue weighted by atomic mass is 10.0. The van der Waals surface area contributed by atoms with Gasteiger partial charge in [0.15, 0.2) is 5.16 Å². The second-order valence-corrected chi connectivity index (χ2v) is 6.21. The molecule has 0 aromatic carbocycles. The second-order valence-electron chi connectivity index (χ2n) is 5.13. The predicted octanol–water partition coefficient (Wildman–Crippen LogP) is 2.42. The second kappa shape index (κ2) is 7.70. The van der Waals surface area contributed by atoms with Crippen LogP contribution < -0.4 is 10.9 Å². The van der Waals surface area contributed by atoms with Gasteiger partial charge in [0.05, 0.1) is 0 Å². The van der Waals surface area contributed by atoms with E-state index in [4.69, 9.17) is 0 Å². The smallest absolute Gasteiger partial charge is 0.251 e. The number of nitrogens with zero attached hydrogens (tertiary/aromatic N) is 1. The van der Waals surface area contributed by atoms with Crippen molar-refractivity contribution in [1.82, 2.24) is 15.3 Å². The number of hydrogen-bond donors (Lipinski definition) is 2. The number of H-pyrrole nitrogens is 1. The predicted molar refractivity (Wildman–Crippen MR) is 79.6 cm³/mol. The Labute approximate surface area is 118 Å². The van der Waals surface area contributed by atoms with Gasteiger partial charge in [-0.25, -0.2) is 4.98 Å². The molecular formula is C14H23N3OS. The number of aromatic amines is 1. The molecule has 0 aliphatic heterocycles. The van der Waals surface area contributed by atoms with Crippen molar-refractivity contribution in [1.29, 1.82) is 0 Å². The van der Waals surface area contributed by atoms with Gasteiger partial charge in [0.25, 0.3) is 5.56 Å². The van der Waals surface area contributed by atoms with Crippen molar-refractivity contribution in [2.45, 2.75) is 50.2 Å². The van der Waals surface area contributed by atoms with E-state index in [0.29, 0.717) is 6.04 Å². The average molecular weight is 281 g/mol. The Morgan fingerprint density at radius 2 is 2.42 bits per heavy atom. The van der Waals surface area contributed by atoms with Crippen LogP contribution in [0.2, 0.25) is 0 Å². The third-order valence-corrected chi connectivity index (χ3v) is 4.61. The van der Waals surface area contributed by atoms with E-state index >= 15 is 0 Å². The van der Waals surface area contributed by atoms with Gasteiger partial charge in [-0.3, -0.25) is 4.79 Å². The monoisotopic (exact) mass is 281 g/mol. The zero-order valence-electron chi connectivity index (χ0n) is 11.5. The molecule has 19 heavy (non-hydrogen) atoms. The van der Waals surface area contributed by atoms with Crippen LogP contribution in [0, 0.1) is 5.92 Å². The first-order valence-electron chi connectivity index (χ1n) is 7.21. The largest absolute Gasteiger partial charge is 0.314 e. The summed E-state index contributed by atoms with van der Waals surface area (Å²) >= 11 is 1.65. The minimum Gasteiger partial charge on any atom is -0.314 e. The van der Waals surface area contributed by atoms with Gasteiger partial charge in [-0.1, -0.05) is 25.1 Å². The van der Waals surface area contributed by atoms with Crippen LogP contribution in [-0.2, 0) is 0 Å². The lowest BCUT2D eigenvalue weighted by Gasteiger charge is -2.20. The molecule has 2 unspecified atom stereocenters. The van der Waals surface area contributed by atoms with E-state index in [2.05, 4.69) is 22.2 Å². The summed E-state index contributed by atoms with van der Waals surface area (Å²) in [4.78, 5) is 18.1. The summed E-state index contributed by atoms with van der Waals surface area (Å²) in [5.74, 6) is 1.82. The first-order chi connectivity index (χ1) is 9.29. The Morgan fingerprint density at radius 3 is 3.21 bits per heavy atom. The number of hydrogen-bond acceptors (Lipinski definition) is 4. The average Bonchev–Trinajstić information content (AvgIpc) is 2.84. The molecule has 1 heterocycles. The van der Waals surface area contributed by atoms with Gasteiger partial charge >= 0.3 is 0 Å².